The van der Waals surface area contributed by atoms with E-state index in [1.54, 1.807) is 6.20 Å². The molecule has 6 nitrogen and oxygen atoms in total. The van der Waals surface area contributed by atoms with Gasteiger partial charge in [-0.2, -0.15) is 4.99 Å². The third kappa shape index (κ3) is 2.34. The molecule has 2 heterocycles. The lowest BCUT2D eigenvalue weighted by molar-refractivity contribution is 0.305. The van der Waals surface area contributed by atoms with Crippen LogP contribution in [0.1, 0.15) is 32.1 Å². The van der Waals surface area contributed by atoms with Gasteiger partial charge in [0.15, 0.2) is 0 Å². The van der Waals surface area contributed by atoms with Gasteiger partial charge in [-0.3, -0.25) is 9.88 Å². The van der Waals surface area contributed by atoms with E-state index in [1.165, 1.54) is 6.42 Å². The minimum Gasteiger partial charge on any atom is -0.369 e. The summed E-state index contributed by atoms with van der Waals surface area (Å²) in [7, 11) is 0. The maximum absolute atomic E-state index is 6.30. The number of aromatic nitrogens is 1. The smallest absolute Gasteiger partial charge is 0.220 e. The summed E-state index contributed by atoms with van der Waals surface area (Å²) >= 11 is 3.74. The van der Waals surface area contributed by atoms with E-state index in [2.05, 4.69) is 25.9 Å². The summed E-state index contributed by atoms with van der Waals surface area (Å²) in [6, 6.07) is 7.99. The summed E-state index contributed by atoms with van der Waals surface area (Å²) in [6.45, 7) is 0. The number of halogens is 1. The maximum atomic E-state index is 6.30. The summed E-state index contributed by atoms with van der Waals surface area (Å²) in [5.74, 6) is 0.664. The fraction of sp³-hybridized carbons (Fsp3) is 0.353. The Morgan fingerprint density at radius 1 is 1.08 bits per heavy atom. The Morgan fingerprint density at radius 2 is 1.88 bits per heavy atom. The molecule has 0 bridgehead atoms. The van der Waals surface area contributed by atoms with Crippen molar-refractivity contribution in [2.75, 3.05) is 4.90 Å². The van der Waals surface area contributed by atoms with Gasteiger partial charge in [-0.25, -0.2) is 4.99 Å². The van der Waals surface area contributed by atoms with Gasteiger partial charge in [0, 0.05) is 11.6 Å². The first kappa shape index (κ1) is 15.4. The molecule has 1 spiro atoms. The van der Waals surface area contributed by atoms with Gasteiger partial charge in [-0.05, 0) is 59.8 Å². The number of hydrogen-bond donors (Lipinski definition) is 2. The van der Waals surface area contributed by atoms with Crippen LogP contribution < -0.4 is 16.4 Å². The summed E-state index contributed by atoms with van der Waals surface area (Å²) in [4.78, 5) is 15.4. The summed E-state index contributed by atoms with van der Waals surface area (Å²) < 4.78 is 0.951. The van der Waals surface area contributed by atoms with Crippen molar-refractivity contribution < 1.29 is 0 Å². The molecular formula is C17H19BrN6. The topological polar surface area (TPSA) is 92.9 Å². The Labute approximate surface area is 148 Å². The van der Waals surface area contributed by atoms with E-state index in [4.69, 9.17) is 16.5 Å². The van der Waals surface area contributed by atoms with Crippen LogP contribution in [-0.2, 0) is 0 Å². The highest BCUT2D eigenvalue weighted by Gasteiger charge is 2.43. The predicted molar refractivity (Wildman–Crippen MR) is 101 cm³/mol. The number of rotatable bonds is 1. The van der Waals surface area contributed by atoms with Crippen molar-refractivity contribution in [1.82, 2.24) is 4.98 Å². The molecule has 0 atom stereocenters. The van der Waals surface area contributed by atoms with E-state index in [-0.39, 0.29) is 5.96 Å². The molecule has 24 heavy (non-hydrogen) atoms. The molecular weight excluding hydrogens is 368 g/mol. The van der Waals surface area contributed by atoms with E-state index in [1.807, 2.05) is 29.2 Å². The second-order valence-corrected chi connectivity index (χ2v) is 7.08. The molecule has 0 saturated heterocycles. The first-order chi connectivity index (χ1) is 11.6. The average Bonchev–Trinajstić information content (AvgIpc) is 2.57. The van der Waals surface area contributed by atoms with Crippen LogP contribution in [0, 0.1) is 0 Å². The van der Waals surface area contributed by atoms with E-state index in [0.717, 1.165) is 46.7 Å². The highest BCUT2D eigenvalue weighted by molar-refractivity contribution is 9.10. The van der Waals surface area contributed by atoms with Crippen LogP contribution in [0.2, 0.25) is 0 Å². The molecule has 0 unspecified atom stereocenters. The van der Waals surface area contributed by atoms with Gasteiger partial charge >= 0.3 is 0 Å². The quantitative estimate of drug-likeness (QED) is 0.787. The van der Waals surface area contributed by atoms with E-state index in [0.29, 0.717) is 5.96 Å². The third-order valence-corrected chi connectivity index (χ3v) is 5.62. The van der Waals surface area contributed by atoms with Crippen LogP contribution in [0.15, 0.2) is 44.9 Å². The molecule has 7 heteroatoms. The maximum Gasteiger partial charge on any atom is 0.220 e. The first-order valence-electron chi connectivity index (χ1n) is 8.14. The van der Waals surface area contributed by atoms with Crippen molar-refractivity contribution in [2.45, 2.75) is 37.8 Å². The number of nitrogens with zero attached hydrogens (tertiary/aromatic N) is 4. The number of benzene rings is 1. The van der Waals surface area contributed by atoms with Crippen molar-refractivity contribution in [3.05, 3.63) is 34.9 Å². The Hall–Kier alpha value is -2.15. The van der Waals surface area contributed by atoms with Crippen LogP contribution in [0.25, 0.3) is 10.9 Å². The molecule has 2 aliphatic rings. The zero-order valence-electron chi connectivity index (χ0n) is 13.2. The molecule has 1 aliphatic heterocycles. The number of fused-ring (bicyclic) bond motifs is 1. The van der Waals surface area contributed by atoms with E-state index < -0.39 is 5.66 Å². The van der Waals surface area contributed by atoms with Gasteiger partial charge in [-0.15, -0.1) is 0 Å². The van der Waals surface area contributed by atoms with Crippen LogP contribution >= 0.6 is 15.9 Å². The zero-order chi connectivity index (χ0) is 16.7. The van der Waals surface area contributed by atoms with Crippen LogP contribution in [-0.4, -0.2) is 22.6 Å². The van der Waals surface area contributed by atoms with Gasteiger partial charge < -0.3 is 11.5 Å². The number of anilines is 1. The highest BCUT2D eigenvalue weighted by atomic mass is 79.9. The van der Waals surface area contributed by atoms with E-state index in [9.17, 15) is 0 Å². The van der Waals surface area contributed by atoms with E-state index >= 15 is 0 Å². The Balaban J connectivity index is 1.90. The lowest BCUT2D eigenvalue weighted by atomic mass is 9.87. The molecule has 0 radical (unpaired) electrons. The molecule has 1 aromatic heterocycles. The summed E-state index contributed by atoms with van der Waals surface area (Å²) in [5, 5.41) is 1.04. The van der Waals surface area contributed by atoms with Gasteiger partial charge in [0.2, 0.25) is 11.9 Å². The second kappa shape index (κ2) is 5.73. The molecule has 1 saturated carbocycles. The van der Waals surface area contributed by atoms with Crippen molar-refractivity contribution in [2.24, 2.45) is 21.5 Å². The number of pyridine rings is 1. The lowest BCUT2D eigenvalue weighted by Crippen LogP contribution is -2.58. The highest BCUT2D eigenvalue weighted by Crippen LogP contribution is 2.43. The number of guanidine groups is 2. The lowest BCUT2D eigenvalue weighted by Gasteiger charge is -2.46. The minimum absolute atomic E-state index is 0.268. The SMILES string of the molecule is NC1=NC2(CCCCC2)N(c2ccc3ncccc3c2Br)C(N)=N1. The van der Waals surface area contributed by atoms with Crippen molar-refractivity contribution in [3.63, 3.8) is 0 Å². The van der Waals surface area contributed by atoms with Gasteiger partial charge in [-0.1, -0.05) is 12.5 Å². The third-order valence-electron chi connectivity index (χ3n) is 4.79. The number of hydrogen-bond acceptors (Lipinski definition) is 6. The molecule has 1 aromatic carbocycles. The molecule has 2 aromatic rings. The molecule has 1 fully saturated rings. The molecule has 124 valence electrons. The van der Waals surface area contributed by atoms with Crippen molar-refractivity contribution in [1.29, 1.82) is 0 Å². The molecule has 0 amide bonds. The Kier molecular flexibility index (Phi) is 3.68. The molecule has 4 rings (SSSR count). The standard InChI is InChI=1S/C17H19BrN6/c18-14-11-5-4-10-21-12(11)6-7-13(14)24-16(20)22-15(19)23-17(24)8-2-1-3-9-17/h4-7,10H,1-3,8-9H2,(H4,19,20,22,23). The first-order valence-corrected chi connectivity index (χ1v) is 8.93. The van der Waals surface area contributed by atoms with Crippen LogP contribution in [0.3, 0.4) is 0 Å². The monoisotopic (exact) mass is 386 g/mol. The number of aliphatic imine (C=N–C) groups is 2. The van der Waals surface area contributed by atoms with Gasteiger partial charge in [0.05, 0.1) is 15.7 Å². The van der Waals surface area contributed by atoms with Crippen molar-refractivity contribution in [3.8, 4) is 0 Å². The van der Waals surface area contributed by atoms with Crippen LogP contribution in [0.4, 0.5) is 5.69 Å². The van der Waals surface area contributed by atoms with Crippen molar-refractivity contribution >= 4 is 44.4 Å². The normalized spacial score (nSPS) is 20.1. The molecule has 4 N–H and O–H groups in total. The molecule has 1 aliphatic carbocycles. The van der Waals surface area contributed by atoms with Gasteiger partial charge in [0.25, 0.3) is 0 Å². The average molecular weight is 387 g/mol. The van der Waals surface area contributed by atoms with Crippen LogP contribution in [0.5, 0.6) is 0 Å². The summed E-state index contributed by atoms with van der Waals surface area (Å²) in [6.07, 6.45) is 7.05. The Morgan fingerprint density at radius 3 is 2.67 bits per heavy atom. The fourth-order valence-corrected chi connectivity index (χ4v) is 4.39. The minimum atomic E-state index is -0.438. The van der Waals surface area contributed by atoms with Gasteiger partial charge in [0.1, 0.15) is 5.66 Å². The second-order valence-electron chi connectivity index (χ2n) is 6.29. The predicted octanol–water partition coefficient (Wildman–Crippen LogP) is 3.11. The fourth-order valence-electron chi connectivity index (χ4n) is 3.75. The Bertz CT molecular complexity index is 853. The largest absolute Gasteiger partial charge is 0.369 e. The zero-order valence-corrected chi connectivity index (χ0v) is 14.8. The summed E-state index contributed by atoms with van der Waals surface area (Å²) in [5.41, 5.74) is 13.7. The number of nitrogens with two attached hydrogens (primary N) is 2.